The van der Waals surface area contributed by atoms with E-state index in [1.807, 2.05) is 0 Å². The quantitative estimate of drug-likeness (QED) is 0.813. The Morgan fingerprint density at radius 2 is 2.43 bits per heavy atom. The van der Waals surface area contributed by atoms with E-state index in [4.69, 9.17) is 9.66 Å². The monoisotopic (exact) mass is 232 g/mol. The minimum Gasteiger partial charge on any atom is -0.356 e. The topological polar surface area (TPSA) is 86.2 Å². The van der Waals surface area contributed by atoms with Gasteiger partial charge >= 0.3 is 0 Å². The molecule has 0 saturated carbocycles. The van der Waals surface area contributed by atoms with Gasteiger partial charge in [-0.2, -0.15) is 0 Å². The molecule has 0 fully saturated rings. The largest absolute Gasteiger partial charge is 0.356 e. The minimum atomic E-state index is -3.48. The minimum absolute atomic E-state index is 0.416. The molecule has 1 atom stereocenters. The lowest BCUT2D eigenvalue weighted by Gasteiger charge is -2.04. The van der Waals surface area contributed by atoms with Crippen LogP contribution in [0.15, 0.2) is 22.9 Å². The first kappa shape index (κ1) is 9.75. The van der Waals surface area contributed by atoms with Crippen LogP contribution in [0, 0.1) is 0 Å². The van der Waals surface area contributed by atoms with Crippen LogP contribution < -0.4 is 5.14 Å². The number of rotatable bonds is 2. The number of hydrogen-bond donors (Lipinski definition) is 1. The Morgan fingerprint density at radius 3 is 2.93 bits per heavy atom. The summed E-state index contributed by atoms with van der Waals surface area (Å²) in [5, 5.41) is 8.57. The van der Waals surface area contributed by atoms with Crippen LogP contribution >= 0.6 is 11.8 Å². The summed E-state index contributed by atoms with van der Waals surface area (Å²) in [5.74, 6) is 0.584. The number of nitrogens with two attached hydrogens (primary N) is 1. The van der Waals surface area contributed by atoms with Crippen LogP contribution in [0.3, 0.4) is 0 Å². The molecule has 0 bridgehead atoms. The molecule has 76 valence electrons. The fourth-order valence-electron chi connectivity index (χ4n) is 1.14. The lowest BCUT2D eigenvalue weighted by molar-refractivity contribution is 0.412. The van der Waals surface area contributed by atoms with Gasteiger partial charge in [-0.3, -0.25) is 0 Å². The molecular weight excluding hydrogens is 224 g/mol. The number of allylic oxidation sites excluding steroid dienone is 1. The maximum absolute atomic E-state index is 11.0. The second kappa shape index (κ2) is 3.41. The summed E-state index contributed by atoms with van der Waals surface area (Å²) < 4.78 is 26.4. The molecule has 0 radical (unpaired) electrons. The number of aromatic nitrogens is 1. The Morgan fingerprint density at radius 1 is 1.64 bits per heavy atom. The van der Waals surface area contributed by atoms with Gasteiger partial charge in [0.15, 0.2) is 5.76 Å². The van der Waals surface area contributed by atoms with Gasteiger partial charge in [-0.25, -0.2) is 13.6 Å². The van der Waals surface area contributed by atoms with E-state index >= 15 is 0 Å². The molecule has 0 spiro atoms. The van der Waals surface area contributed by atoms with Crippen LogP contribution in [0.4, 0.5) is 0 Å². The molecule has 1 aromatic rings. The van der Waals surface area contributed by atoms with Gasteiger partial charge in [0.2, 0.25) is 10.0 Å². The van der Waals surface area contributed by atoms with Crippen LogP contribution in [0.2, 0.25) is 0 Å². The molecule has 2 N–H and O–H groups in total. The van der Waals surface area contributed by atoms with Crippen molar-refractivity contribution in [2.75, 3.05) is 0 Å². The van der Waals surface area contributed by atoms with Crippen LogP contribution in [0.25, 0.3) is 4.91 Å². The van der Waals surface area contributed by atoms with E-state index in [9.17, 15) is 8.42 Å². The van der Waals surface area contributed by atoms with E-state index in [2.05, 4.69) is 5.16 Å². The van der Waals surface area contributed by atoms with Crippen molar-refractivity contribution in [2.24, 2.45) is 5.14 Å². The van der Waals surface area contributed by atoms with Gasteiger partial charge in [0.1, 0.15) is 4.58 Å². The normalized spacial score (nSPS) is 22.4. The third-order valence-corrected chi connectivity index (χ3v) is 4.90. The molecular formula is C7H8N2O3S2. The van der Waals surface area contributed by atoms with Crippen molar-refractivity contribution < 1.29 is 12.9 Å². The highest BCUT2D eigenvalue weighted by Gasteiger charge is 2.29. The third-order valence-electron chi connectivity index (χ3n) is 1.80. The Hall–Kier alpha value is -0.790. The zero-order valence-electron chi connectivity index (χ0n) is 7.08. The Labute approximate surface area is 85.4 Å². The highest BCUT2D eigenvalue weighted by Crippen LogP contribution is 2.40. The van der Waals surface area contributed by atoms with Gasteiger partial charge in [-0.05, 0) is 6.42 Å². The van der Waals surface area contributed by atoms with Crippen LogP contribution in [-0.2, 0) is 10.0 Å². The van der Waals surface area contributed by atoms with E-state index in [1.165, 1.54) is 18.0 Å². The predicted octanol–water partition coefficient (Wildman–Crippen LogP) is 0.767. The van der Waals surface area contributed by atoms with Gasteiger partial charge in [0.25, 0.3) is 0 Å². The van der Waals surface area contributed by atoms with Gasteiger partial charge in [0.05, 0.1) is 11.1 Å². The van der Waals surface area contributed by atoms with Gasteiger partial charge in [0, 0.05) is 6.07 Å². The molecule has 0 saturated heterocycles. The van der Waals surface area contributed by atoms with Crippen molar-refractivity contribution in [3.05, 3.63) is 24.1 Å². The molecule has 1 unspecified atom stereocenters. The Balaban J connectivity index is 2.16. The number of sulfonamides is 1. The summed E-state index contributed by atoms with van der Waals surface area (Å²) in [7, 11) is -3.48. The molecule has 2 heterocycles. The van der Waals surface area contributed by atoms with E-state index in [1.54, 1.807) is 12.1 Å². The average molecular weight is 232 g/mol. The first-order valence-electron chi connectivity index (χ1n) is 3.87. The second-order valence-corrected chi connectivity index (χ2v) is 6.11. The van der Waals surface area contributed by atoms with E-state index in [-0.39, 0.29) is 0 Å². The molecule has 2 rings (SSSR count). The summed E-state index contributed by atoms with van der Waals surface area (Å²) in [6.07, 6.45) is 3.72. The highest BCUT2D eigenvalue weighted by molar-refractivity contribution is 8.18. The highest BCUT2D eigenvalue weighted by atomic mass is 32.3. The van der Waals surface area contributed by atoms with Crippen LogP contribution in [0.5, 0.6) is 0 Å². The SMILES string of the molecule is NS(=O)(=O)C1CC=C(c2ccno2)S1. The standard InChI is InChI=1S/C7H8N2O3S2/c8-14(10,11)7-2-1-6(13-7)5-3-4-9-12-5/h1,3-4,7H,2H2,(H2,8,10,11). The zero-order chi connectivity index (χ0) is 10.2. The maximum atomic E-state index is 11.0. The molecule has 1 aliphatic heterocycles. The molecule has 7 heteroatoms. The Kier molecular flexibility index (Phi) is 2.38. The lowest BCUT2D eigenvalue weighted by Crippen LogP contribution is -2.23. The fourth-order valence-corrected chi connectivity index (χ4v) is 3.25. The average Bonchev–Trinajstić information content (AvgIpc) is 2.73. The summed E-state index contributed by atoms with van der Waals surface area (Å²) in [4.78, 5) is 0.779. The van der Waals surface area contributed by atoms with Gasteiger partial charge in [-0.15, -0.1) is 11.8 Å². The molecule has 0 aromatic carbocycles. The number of primary sulfonamides is 1. The first-order valence-corrected chi connectivity index (χ1v) is 6.36. The number of hydrogen-bond acceptors (Lipinski definition) is 5. The van der Waals surface area contributed by atoms with E-state index in [0.29, 0.717) is 12.2 Å². The third kappa shape index (κ3) is 1.84. The van der Waals surface area contributed by atoms with Crippen molar-refractivity contribution in [3.63, 3.8) is 0 Å². The van der Waals surface area contributed by atoms with Crippen molar-refractivity contribution in [2.45, 2.75) is 11.0 Å². The molecule has 1 aliphatic rings. The summed E-state index contributed by atoms with van der Waals surface area (Å²) in [5.41, 5.74) is 0. The first-order chi connectivity index (χ1) is 6.57. The second-order valence-electron chi connectivity index (χ2n) is 2.82. The van der Waals surface area contributed by atoms with Crippen molar-refractivity contribution in [1.82, 2.24) is 5.16 Å². The number of thioether (sulfide) groups is 1. The fraction of sp³-hybridized carbons (Fsp3) is 0.286. The van der Waals surface area contributed by atoms with Crippen LogP contribution in [-0.4, -0.2) is 18.2 Å². The molecule has 1 aromatic heterocycles. The smallest absolute Gasteiger partial charge is 0.222 e. The molecule has 0 amide bonds. The van der Waals surface area contributed by atoms with Gasteiger partial charge in [-0.1, -0.05) is 11.2 Å². The lowest BCUT2D eigenvalue weighted by atomic mass is 10.3. The molecule has 5 nitrogen and oxygen atoms in total. The molecule has 14 heavy (non-hydrogen) atoms. The predicted molar refractivity (Wildman–Crippen MR) is 53.6 cm³/mol. The molecule has 0 aliphatic carbocycles. The maximum Gasteiger partial charge on any atom is 0.222 e. The van der Waals surface area contributed by atoms with Crippen LogP contribution in [0.1, 0.15) is 12.2 Å². The summed E-state index contributed by atoms with van der Waals surface area (Å²) in [6.45, 7) is 0. The Bertz CT molecular complexity index is 449. The van der Waals surface area contributed by atoms with E-state index in [0.717, 1.165) is 4.91 Å². The van der Waals surface area contributed by atoms with Crippen molar-refractivity contribution in [3.8, 4) is 0 Å². The van der Waals surface area contributed by atoms with Crippen molar-refractivity contribution in [1.29, 1.82) is 0 Å². The summed E-state index contributed by atoms with van der Waals surface area (Å²) >= 11 is 1.19. The summed E-state index contributed by atoms with van der Waals surface area (Å²) in [6, 6.07) is 1.68. The zero-order valence-corrected chi connectivity index (χ0v) is 8.72. The van der Waals surface area contributed by atoms with Crippen molar-refractivity contribution >= 4 is 26.7 Å². The van der Waals surface area contributed by atoms with Gasteiger partial charge < -0.3 is 4.52 Å². The number of nitrogens with zero attached hydrogens (tertiary/aromatic N) is 1. The van der Waals surface area contributed by atoms with E-state index < -0.39 is 14.6 Å².